The van der Waals surface area contributed by atoms with Crippen LogP contribution in [0.15, 0.2) is 24.3 Å². The molecule has 19 heteroatoms. The van der Waals surface area contributed by atoms with Gasteiger partial charge in [-0.15, -0.1) is 0 Å². The van der Waals surface area contributed by atoms with Gasteiger partial charge >= 0.3 is 0 Å². The van der Waals surface area contributed by atoms with Crippen molar-refractivity contribution in [3.8, 4) is 0 Å². The van der Waals surface area contributed by atoms with Crippen LogP contribution in [0.1, 0.15) is 341 Å². The molecular formula is C79H149NO18. The number of hydrogen-bond donors (Lipinski definition) is 12. The van der Waals surface area contributed by atoms with E-state index in [1.54, 1.807) is 6.08 Å². The largest absolute Gasteiger partial charge is 0.394 e. The molecule has 0 aromatic rings. The van der Waals surface area contributed by atoms with Crippen molar-refractivity contribution in [3.05, 3.63) is 24.3 Å². The number of aliphatic hydroxyl groups excluding tert-OH is 11. The van der Waals surface area contributed by atoms with Crippen LogP contribution in [0.5, 0.6) is 0 Å². The summed E-state index contributed by atoms with van der Waals surface area (Å²) in [6.07, 6.45) is 46.4. The van der Waals surface area contributed by atoms with Crippen LogP contribution in [0.3, 0.4) is 0 Å². The zero-order valence-electron chi connectivity index (χ0n) is 61.8. The van der Waals surface area contributed by atoms with Gasteiger partial charge in [-0.1, -0.05) is 327 Å². The fourth-order valence-corrected chi connectivity index (χ4v) is 14.0. The first kappa shape index (κ1) is 90.5. The van der Waals surface area contributed by atoms with Gasteiger partial charge in [-0.2, -0.15) is 0 Å². The number of carbonyl (C=O) groups excluding carboxylic acids is 1. The maximum absolute atomic E-state index is 13.4. The SMILES string of the molecule is CCCCCCCCCCC/C=C/CC/C=C/C(O)C(COC1OC(CO)C(OC2OC(CO)C(OC3OC(CO)C(O)C(O)C3O)C(O)C2O)C(O)C1O)NC(=O)CCCCCCCCCCCCCCCCCCCCCCCCCCCCCCCCCCCCCCCC. The highest BCUT2D eigenvalue weighted by Crippen LogP contribution is 2.33. The maximum Gasteiger partial charge on any atom is 0.220 e. The second kappa shape index (κ2) is 60.5. The minimum atomic E-state index is -1.98. The van der Waals surface area contributed by atoms with Crippen LogP contribution >= 0.6 is 0 Å². The number of amides is 1. The number of unbranched alkanes of at least 4 members (excludes halogenated alkanes) is 47. The molecule has 17 unspecified atom stereocenters. The van der Waals surface area contributed by atoms with Gasteiger partial charge in [0.1, 0.15) is 73.2 Å². The van der Waals surface area contributed by atoms with E-state index in [1.807, 2.05) is 6.08 Å². The van der Waals surface area contributed by atoms with Gasteiger partial charge in [-0.3, -0.25) is 4.79 Å². The summed E-state index contributed by atoms with van der Waals surface area (Å²) in [4.78, 5) is 13.4. The molecule has 3 heterocycles. The molecule has 17 atom stereocenters. The van der Waals surface area contributed by atoms with E-state index in [0.717, 1.165) is 38.5 Å². The number of ether oxygens (including phenoxy) is 6. The average molecular weight is 1400 g/mol. The van der Waals surface area contributed by atoms with Gasteiger partial charge in [0.2, 0.25) is 5.91 Å². The summed E-state index contributed by atoms with van der Waals surface area (Å²) in [6, 6.07) is -0.987. The number of hydrogen-bond acceptors (Lipinski definition) is 18. The monoisotopic (exact) mass is 1400 g/mol. The molecule has 0 bridgehead atoms. The third-order valence-electron chi connectivity index (χ3n) is 20.5. The summed E-state index contributed by atoms with van der Waals surface area (Å²) >= 11 is 0. The Morgan fingerprint density at radius 1 is 0.357 bits per heavy atom. The molecule has 0 aromatic heterocycles. The zero-order chi connectivity index (χ0) is 71.1. The van der Waals surface area contributed by atoms with Crippen LogP contribution in [0.25, 0.3) is 0 Å². The fraction of sp³-hybridized carbons (Fsp3) is 0.937. The highest BCUT2D eigenvalue weighted by atomic mass is 16.8. The van der Waals surface area contributed by atoms with Crippen LogP contribution in [-0.4, -0.2) is 193 Å². The van der Waals surface area contributed by atoms with Gasteiger partial charge in [0.15, 0.2) is 18.9 Å². The summed E-state index contributed by atoms with van der Waals surface area (Å²) in [5.74, 6) is -0.279. The summed E-state index contributed by atoms with van der Waals surface area (Å²) in [5, 5.41) is 121. The number of rotatable bonds is 65. The van der Waals surface area contributed by atoms with Crippen molar-refractivity contribution in [2.75, 3.05) is 26.4 Å². The Bertz CT molecular complexity index is 1870. The molecule has 0 aliphatic carbocycles. The molecule has 0 radical (unpaired) electrons. The van der Waals surface area contributed by atoms with Crippen molar-refractivity contribution >= 4 is 5.91 Å². The molecule has 578 valence electrons. The second-order valence-electron chi connectivity index (χ2n) is 29.2. The molecule has 3 aliphatic rings. The first-order valence-corrected chi connectivity index (χ1v) is 40.6. The molecule has 98 heavy (non-hydrogen) atoms. The molecule has 3 saturated heterocycles. The van der Waals surface area contributed by atoms with Crippen molar-refractivity contribution in [1.29, 1.82) is 0 Å². The quantitative estimate of drug-likeness (QED) is 0.0199. The Labute approximate surface area is 594 Å². The Kier molecular flexibility index (Phi) is 55.9. The average Bonchev–Trinajstić information content (AvgIpc) is 0.785. The summed E-state index contributed by atoms with van der Waals surface area (Å²) in [6.45, 7) is 1.75. The zero-order valence-corrected chi connectivity index (χ0v) is 61.8. The number of allylic oxidation sites excluding steroid dienone is 3. The lowest BCUT2D eigenvalue weighted by Gasteiger charge is -2.48. The van der Waals surface area contributed by atoms with E-state index in [0.29, 0.717) is 12.8 Å². The van der Waals surface area contributed by atoms with Crippen LogP contribution in [0.4, 0.5) is 0 Å². The Morgan fingerprint density at radius 2 is 0.653 bits per heavy atom. The lowest BCUT2D eigenvalue weighted by molar-refractivity contribution is -0.379. The lowest BCUT2D eigenvalue weighted by Crippen LogP contribution is -2.66. The first-order chi connectivity index (χ1) is 47.8. The molecule has 3 fully saturated rings. The normalized spacial score (nSPS) is 26.8. The van der Waals surface area contributed by atoms with Gasteiger partial charge < -0.3 is 89.9 Å². The van der Waals surface area contributed by atoms with Crippen molar-refractivity contribution in [1.82, 2.24) is 5.32 Å². The van der Waals surface area contributed by atoms with E-state index in [2.05, 4.69) is 31.3 Å². The Morgan fingerprint density at radius 3 is 1.02 bits per heavy atom. The molecule has 19 nitrogen and oxygen atoms in total. The van der Waals surface area contributed by atoms with Gasteiger partial charge in [0.25, 0.3) is 0 Å². The molecule has 12 N–H and O–H groups in total. The van der Waals surface area contributed by atoms with E-state index in [4.69, 9.17) is 28.4 Å². The summed E-state index contributed by atoms with van der Waals surface area (Å²) < 4.78 is 34.4. The Hall–Kier alpha value is -1.73. The van der Waals surface area contributed by atoms with E-state index < -0.39 is 124 Å². The minimum Gasteiger partial charge on any atom is -0.394 e. The highest BCUT2D eigenvalue weighted by Gasteiger charge is 2.54. The highest BCUT2D eigenvalue weighted by molar-refractivity contribution is 5.76. The van der Waals surface area contributed by atoms with Crippen molar-refractivity contribution in [2.45, 2.75) is 446 Å². The van der Waals surface area contributed by atoms with E-state index >= 15 is 0 Å². The lowest BCUT2D eigenvalue weighted by atomic mass is 9.96. The van der Waals surface area contributed by atoms with Gasteiger partial charge in [0.05, 0.1) is 38.6 Å². The van der Waals surface area contributed by atoms with Crippen LogP contribution in [-0.2, 0) is 33.2 Å². The molecule has 0 aromatic carbocycles. The number of aliphatic hydroxyl groups is 11. The number of carbonyl (C=O) groups is 1. The smallest absolute Gasteiger partial charge is 0.220 e. The van der Waals surface area contributed by atoms with E-state index in [1.165, 1.54) is 270 Å². The van der Waals surface area contributed by atoms with Crippen molar-refractivity contribution in [3.63, 3.8) is 0 Å². The standard InChI is InChI=1S/C79H149NO18/c1-3-5-7-9-11-13-15-17-19-20-21-22-23-24-25-26-27-28-29-30-31-32-33-34-35-36-37-38-39-40-41-43-45-47-49-51-53-55-57-67(85)80-62(63(84)56-54-52-50-48-46-44-42-18-16-14-12-10-8-6-4-2)61-93-77-73(91)70(88)75(65(59-82)95-77)98-79-74(92)71(89)76(66(60-83)96-79)97-78-72(90)69(87)68(86)64(58-81)94-78/h46,48,54,56,62-66,68-79,81-84,86-92H,3-45,47,49-53,55,57-61H2,1-2H3,(H,80,85)/b48-46+,56-54+. The predicted octanol–water partition coefficient (Wildman–Crippen LogP) is 13.3. The first-order valence-electron chi connectivity index (χ1n) is 40.6. The van der Waals surface area contributed by atoms with Crippen LogP contribution in [0.2, 0.25) is 0 Å². The third-order valence-corrected chi connectivity index (χ3v) is 20.5. The molecule has 0 saturated carbocycles. The van der Waals surface area contributed by atoms with Gasteiger partial charge in [-0.05, 0) is 32.1 Å². The maximum atomic E-state index is 13.4. The van der Waals surface area contributed by atoms with Crippen molar-refractivity contribution < 1.29 is 89.4 Å². The van der Waals surface area contributed by atoms with E-state index in [9.17, 15) is 61.0 Å². The summed E-state index contributed by atoms with van der Waals surface area (Å²) in [7, 11) is 0. The molecule has 3 rings (SSSR count). The molecule has 1 amide bonds. The number of nitrogens with one attached hydrogen (secondary N) is 1. The summed E-state index contributed by atoms with van der Waals surface area (Å²) in [5.41, 5.74) is 0. The third kappa shape index (κ3) is 40.5. The fourth-order valence-electron chi connectivity index (χ4n) is 14.0. The van der Waals surface area contributed by atoms with Gasteiger partial charge in [0, 0.05) is 6.42 Å². The van der Waals surface area contributed by atoms with Crippen LogP contribution < -0.4 is 5.32 Å². The predicted molar refractivity (Wildman–Crippen MR) is 388 cm³/mol. The van der Waals surface area contributed by atoms with Crippen molar-refractivity contribution in [2.24, 2.45) is 0 Å². The van der Waals surface area contributed by atoms with Gasteiger partial charge in [-0.25, -0.2) is 0 Å². The molecule has 0 spiro atoms. The minimum absolute atomic E-state index is 0.241. The van der Waals surface area contributed by atoms with Crippen LogP contribution in [0, 0.1) is 0 Å². The topological polar surface area (TPSA) is 307 Å². The van der Waals surface area contributed by atoms with E-state index in [-0.39, 0.29) is 18.9 Å². The molecular weight excluding hydrogens is 1250 g/mol. The molecule has 3 aliphatic heterocycles. The second-order valence-corrected chi connectivity index (χ2v) is 29.2. The Balaban J connectivity index is 1.29.